The fourth-order valence-corrected chi connectivity index (χ4v) is 2.79. The van der Waals surface area contributed by atoms with Gasteiger partial charge in [-0.3, -0.25) is 0 Å². The number of halogens is 2. The first-order chi connectivity index (χ1) is 9.10. The zero-order chi connectivity index (χ0) is 13.8. The van der Waals surface area contributed by atoms with E-state index in [-0.39, 0.29) is 0 Å². The second-order valence-electron chi connectivity index (χ2n) is 4.33. The van der Waals surface area contributed by atoms with Crippen LogP contribution >= 0.6 is 11.8 Å². The summed E-state index contributed by atoms with van der Waals surface area (Å²) < 4.78 is 26.3. The Hall–Kier alpha value is -1.39. The number of nitrogens with two attached hydrogens (primary N) is 1. The van der Waals surface area contributed by atoms with E-state index in [2.05, 4.69) is 0 Å². The van der Waals surface area contributed by atoms with E-state index in [4.69, 9.17) is 5.73 Å². The molecule has 0 radical (unpaired) electrons. The molecular weight excluding hydrogens is 264 g/mol. The molecule has 0 saturated heterocycles. The van der Waals surface area contributed by atoms with Crippen LogP contribution < -0.4 is 5.73 Å². The summed E-state index contributed by atoms with van der Waals surface area (Å²) in [7, 11) is 0. The van der Waals surface area contributed by atoms with Crippen molar-refractivity contribution in [2.75, 3.05) is 0 Å². The van der Waals surface area contributed by atoms with Gasteiger partial charge in [-0.25, -0.2) is 8.78 Å². The van der Waals surface area contributed by atoms with E-state index in [9.17, 15) is 8.78 Å². The molecule has 0 aliphatic carbocycles. The van der Waals surface area contributed by atoms with Crippen molar-refractivity contribution < 1.29 is 8.78 Å². The first-order valence-electron chi connectivity index (χ1n) is 5.96. The van der Waals surface area contributed by atoms with E-state index >= 15 is 0 Å². The van der Waals surface area contributed by atoms with Gasteiger partial charge in [0.05, 0.1) is 0 Å². The average molecular weight is 279 g/mol. The molecule has 0 atom stereocenters. The number of benzene rings is 2. The summed E-state index contributed by atoms with van der Waals surface area (Å²) in [5, 5.41) is 0. The van der Waals surface area contributed by atoms with E-state index in [0.29, 0.717) is 17.2 Å². The normalized spacial score (nSPS) is 10.7. The van der Waals surface area contributed by atoms with Crippen LogP contribution in [0.3, 0.4) is 0 Å². The molecule has 2 aromatic carbocycles. The summed E-state index contributed by atoms with van der Waals surface area (Å²) in [6, 6.07) is 9.67. The van der Waals surface area contributed by atoms with Crippen molar-refractivity contribution in [3.8, 4) is 0 Å². The van der Waals surface area contributed by atoms with Gasteiger partial charge in [0.2, 0.25) is 0 Å². The van der Waals surface area contributed by atoms with E-state index in [1.165, 1.54) is 23.9 Å². The zero-order valence-electron chi connectivity index (χ0n) is 10.6. The molecule has 2 rings (SSSR count). The maximum absolute atomic E-state index is 13.5. The molecule has 0 aliphatic rings. The summed E-state index contributed by atoms with van der Waals surface area (Å²) >= 11 is 1.36. The van der Waals surface area contributed by atoms with Crippen LogP contribution in [0.15, 0.2) is 41.3 Å². The van der Waals surface area contributed by atoms with Gasteiger partial charge in [-0.2, -0.15) is 0 Å². The molecule has 1 nitrogen and oxygen atoms in total. The highest BCUT2D eigenvalue weighted by molar-refractivity contribution is 7.98. The van der Waals surface area contributed by atoms with Gasteiger partial charge in [0.15, 0.2) is 0 Å². The highest BCUT2D eigenvalue weighted by Gasteiger charge is 2.06. The lowest BCUT2D eigenvalue weighted by molar-refractivity contribution is 0.565. The predicted molar refractivity (Wildman–Crippen MR) is 75.0 cm³/mol. The highest BCUT2D eigenvalue weighted by Crippen LogP contribution is 2.27. The summed E-state index contributed by atoms with van der Waals surface area (Å²) in [5.41, 5.74) is 8.93. The van der Waals surface area contributed by atoms with Gasteiger partial charge < -0.3 is 5.73 Å². The Bertz CT molecular complexity index is 584. The molecule has 0 heterocycles. The lowest BCUT2D eigenvalue weighted by Gasteiger charge is -2.08. The summed E-state index contributed by atoms with van der Waals surface area (Å²) in [6.07, 6.45) is 0. The van der Waals surface area contributed by atoms with Gasteiger partial charge in [-0.1, -0.05) is 18.2 Å². The molecule has 0 fully saturated rings. The minimum atomic E-state index is -0.551. The second-order valence-corrected chi connectivity index (χ2v) is 5.35. The number of hydrogen-bond acceptors (Lipinski definition) is 2. The van der Waals surface area contributed by atoms with Crippen LogP contribution in [-0.2, 0) is 12.3 Å². The van der Waals surface area contributed by atoms with Crippen molar-refractivity contribution in [3.63, 3.8) is 0 Å². The average Bonchev–Trinajstić information content (AvgIpc) is 2.39. The number of aryl methyl sites for hydroxylation is 1. The van der Waals surface area contributed by atoms with Crippen molar-refractivity contribution in [2.24, 2.45) is 5.73 Å². The second kappa shape index (κ2) is 6.17. The Morgan fingerprint density at radius 1 is 1.11 bits per heavy atom. The van der Waals surface area contributed by atoms with Gasteiger partial charge in [-0.05, 0) is 35.7 Å². The third-order valence-electron chi connectivity index (χ3n) is 2.92. The monoisotopic (exact) mass is 279 g/mol. The largest absolute Gasteiger partial charge is 0.326 e. The molecule has 0 aromatic heterocycles. The molecule has 2 aromatic rings. The molecule has 0 unspecified atom stereocenters. The molecule has 0 amide bonds. The topological polar surface area (TPSA) is 26.0 Å². The van der Waals surface area contributed by atoms with Gasteiger partial charge in [-0.15, -0.1) is 11.8 Å². The molecule has 0 spiro atoms. The van der Waals surface area contributed by atoms with E-state index in [0.717, 1.165) is 22.8 Å². The Morgan fingerprint density at radius 3 is 2.53 bits per heavy atom. The van der Waals surface area contributed by atoms with Crippen molar-refractivity contribution in [3.05, 3.63) is 64.7 Å². The number of rotatable bonds is 4. The molecular formula is C15H15F2NS. The molecule has 19 heavy (non-hydrogen) atoms. The van der Waals surface area contributed by atoms with Crippen molar-refractivity contribution >= 4 is 11.8 Å². The molecule has 0 saturated carbocycles. The van der Waals surface area contributed by atoms with Crippen LogP contribution in [-0.4, -0.2) is 0 Å². The van der Waals surface area contributed by atoms with Gasteiger partial charge in [0.25, 0.3) is 0 Å². The van der Waals surface area contributed by atoms with E-state index < -0.39 is 11.6 Å². The standard InChI is InChI=1S/C15H15F2NS/c1-10-6-11(8-18)2-3-12(10)9-19-15-5-4-13(16)7-14(15)17/h2-7H,8-9,18H2,1H3. The first kappa shape index (κ1) is 14.0. The highest BCUT2D eigenvalue weighted by atomic mass is 32.2. The van der Waals surface area contributed by atoms with E-state index in [1.54, 1.807) is 0 Å². The van der Waals surface area contributed by atoms with Gasteiger partial charge in [0.1, 0.15) is 11.6 Å². The predicted octanol–water partition coefficient (Wildman–Crippen LogP) is 4.02. The van der Waals surface area contributed by atoms with Crippen LogP contribution in [0.4, 0.5) is 8.78 Å². The SMILES string of the molecule is Cc1cc(CN)ccc1CSc1ccc(F)cc1F. The first-order valence-corrected chi connectivity index (χ1v) is 6.95. The van der Waals surface area contributed by atoms with Gasteiger partial charge >= 0.3 is 0 Å². The molecule has 2 N–H and O–H groups in total. The maximum atomic E-state index is 13.5. The molecule has 100 valence electrons. The Kier molecular flexibility index (Phi) is 4.56. The van der Waals surface area contributed by atoms with Crippen molar-refractivity contribution in [1.29, 1.82) is 0 Å². The lowest BCUT2D eigenvalue weighted by Crippen LogP contribution is -1.98. The smallest absolute Gasteiger partial charge is 0.139 e. The van der Waals surface area contributed by atoms with Crippen LogP contribution in [0.25, 0.3) is 0 Å². The van der Waals surface area contributed by atoms with Crippen LogP contribution in [0, 0.1) is 18.6 Å². The third-order valence-corrected chi connectivity index (χ3v) is 4.02. The number of hydrogen-bond donors (Lipinski definition) is 1. The molecule has 0 aliphatic heterocycles. The van der Waals surface area contributed by atoms with Crippen LogP contribution in [0.2, 0.25) is 0 Å². The quantitative estimate of drug-likeness (QED) is 0.855. The molecule has 4 heteroatoms. The minimum Gasteiger partial charge on any atom is -0.326 e. The van der Waals surface area contributed by atoms with Gasteiger partial charge in [0, 0.05) is 23.3 Å². The van der Waals surface area contributed by atoms with Crippen LogP contribution in [0.5, 0.6) is 0 Å². The Balaban J connectivity index is 2.10. The Morgan fingerprint density at radius 2 is 1.89 bits per heavy atom. The minimum absolute atomic E-state index is 0.462. The Labute approximate surface area is 115 Å². The maximum Gasteiger partial charge on any atom is 0.139 e. The fraction of sp³-hybridized carbons (Fsp3) is 0.200. The zero-order valence-corrected chi connectivity index (χ0v) is 11.4. The third kappa shape index (κ3) is 3.55. The summed E-state index contributed by atoms with van der Waals surface area (Å²) in [5.74, 6) is -0.411. The summed E-state index contributed by atoms with van der Waals surface area (Å²) in [6.45, 7) is 2.52. The van der Waals surface area contributed by atoms with Crippen molar-refractivity contribution in [2.45, 2.75) is 24.1 Å². The van der Waals surface area contributed by atoms with Crippen LogP contribution in [0.1, 0.15) is 16.7 Å². The summed E-state index contributed by atoms with van der Waals surface area (Å²) in [4.78, 5) is 0.462. The molecule has 0 bridgehead atoms. The van der Waals surface area contributed by atoms with E-state index in [1.807, 2.05) is 25.1 Å². The lowest BCUT2D eigenvalue weighted by atomic mass is 10.1. The number of thioether (sulfide) groups is 1. The van der Waals surface area contributed by atoms with Crippen molar-refractivity contribution in [1.82, 2.24) is 0 Å². The fourth-order valence-electron chi connectivity index (χ4n) is 1.79.